The summed E-state index contributed by atoms with van der Waals surface area (Å²) >= 11 is 0. The highest BCUT2D eigenvalue weighted by molar-refractivity contribution is 5.98. The van der Waals surface area contributed by atoms with Gasteiger partial charge in [0, 0.05) is 25.4 Å². The first-order valence-electron chi connectivity index (χ1n) is 8.25. The van der Waals surface area contributed by atoms with E-state index >= 15 is 0 Å². The van der Waals surface area contributed by atoms with E-state index in [2.05, 4.69) is 5.32 Å². The zero-order valence-corrected chi connectivity index (χ0v) is 12.3. The van der Waals surface area contributed by atoms with Crippen LogP contribution in [-0.2, 0) is 9.59 Å². The number of carbonyl (C=O) groups is 2. The number of amides is 2. The van der Waals surface area contributed by atoms with Gasteiger partial charge in [-0.05, 0) is 37.6 Å². The first-order valence-corrected chi connectivity index (χ1v) is 8.25. The van der Waals surface area contributed by atoms with Gasteiger partial charge in [0.1, 0.15) is 0 Å². The molecule has 4 nitrogen and oxygen atoms in total. The average Bonchev–Trinajstić information content (AvgIpc) is 2.45. The van der Waals surface area contributed by atoms with E-state index in [1.54, 1.807) is 4.90 Å². The first-order chi connectivity index (χ1) is 9.69. The smallest absolute Gasteiger partial charge is 0.229 e. The predicted octanol–water partition coefficient (Wildman–Crippen LogP) is 2.23. The van der Waals surface area contributed by atoms with E-state index in [9.17, 15) is 9.59 Å². The van der Waals surface area contributed by atoms with Crippen molar-refractivity contribution in [3.63, 3.8) is 0 Å². The second-order valence-electron chi connectivity index (χ2n) is 6.96. The van der Waals surface area contributed by atoms with Crippen molar-refractivity contribution in [2.24, 2.45) is 5.41 Å². The molecule has 2 amide bonds. The van der Waals surface area contributed by atoms with Gasteiger partial charge in [-0.25, -0.2) is 0 Å². The Kier molecular flexibility index (Phi) is 4.11. The number of carbonyl (C=O) groups excluding carboxylic acids is 2. The van der Waals surface area contributed by atoms with Crippen LogP contribution in [0.1, 0.15) is 64.2 Å². The van der Waals surface area contributed by atoms with Crippen molar-refractivity contribution < 1.29 is 9.59 Å². The molecule has 0 radical (unpaired) electrons. The van der Waals surface area contributed by atoms with Gasteiger partial charge in [0.05, 0.1) is 0 Å². The third-order valence-corrected chi connectivity index (χ3v) is 5.38. The zero-order valence-electron chi connectivity index (χ0n) is 12.3. The van der Waals surface area contributed by atoms with Gasteiger partial charge in [0.25, 0.3) is 0 Å². The van der Waals surface area contributed by atoms with Crippen LogP contribution in [0.5, 0.6) is 0 Å². The summed E-state index contributed by atoms with van der Waals surface area (Å²) in [6.45, 7) is 1.61. The van der Waals surface area contributed by atoms with E-state index in [1.807, 2.05) is 0 Å². The van der Waals surface area contributed by atoms with Crippen LogP contribution in [0.3, 0.4) is 0 Å². The molecule has 2 saturated heterocycles. The van der Waals surface area contributed by atoms with Crippen LogP contribution in [0.2, 0.25) is 0 Å². The quantitative estimate of drug-likeness (QED) is 0.788. The van der Waals surface area contributed by atoms with Gasteiger partial charge in [-0.15, -0.1) is 0 Å². The molecule has 3 fully saturated rings. The van der Waals surface area contributed by atoms with Crippen LogP contribution in [0.25, 0.3) is 0 Å². The molecule has 20 heavy (non-hydrogen) atoms. The first kappa shape index (κ1) is 14.1. The zero-order chi connectivity index (χ0) is 14.0. The molecular formula is C16H26N2O2. The summed E-state index contributed by atoms with van der Waals surface area (Å²) in [5.74, 6) is 0.158. The molecule has 0 bridgehead atoms. The largest absolute Gasteiger partial charge is 0.312 e. The third kappa shape index (κ3) is 2.90. The maximum atomic E-state index is 12.4. The molecule has 3 rings (SSSR count). The topological polar surface area (TPSA) is 49.4 Å². The van der Waals surface area contributed by atoms with Crippen LogP contribution in [0.4, 0.5) is 0 Å². The third-order valence-electron chi connectivity index (χ3n) is 5.38. The van der Waals surface area contributed by atoms with Crippen LogP contribution in [0, 0.1) is 5.41 Å². The Hall–Kier alpha value is -0.900. The molecule has 4 heteroatoms. The summed E-state index contributed by atoms with van der Waals surface area (Å²) in [5, 5.41) is 3.43. The van der Waals surface area contributed by atoms with Crippen LogP contribution < -0.4 is 5.32 Å². The summed E-state index contributed by atoms with van der Waals surface area (Å²) in [4.78, 5) is 26.4. The van der Waals surface area contributed by atoms with Crippen molar-refractivity contribution in [2.45, 2.75) is 70.3 Å². The van der Waals surface area contributed by atoms with E-state index in [0.717, 1.165) is 25.8 Å². The van der Waals surface area contributed by atoms with Crippen molar-refractivity contribution in [1.29, 1.82) is 0 Å². The van der Waals surface area contributed by atoms with Gasteiger partial charge in [-0.3, -0.25) is 14.5 Å². The number of hydrogen-bond donors (Lipinski definition) is 1. The van der Waals surface area contributed by atoms with Crippen molar-refractivity contribution in [3.05, 3.63) is 0 Å². The molecule has 1 spiro atoms. The molecule has 2 aliphatic heterocycles. The van der Waals surface area contributed by atoms with Crippen molar-refractivity contribution >= 4 is 11.8 Å². The van der Waals surface area contributed by atoms with Crippen molar-refractivity contribution in [3.8, 4) is 0 Å². The van der Waals surface area contributed by atoms with Gasteiger partial charge >= 0.3 is 0 Å². The van der Waals surface area contributed by atoms with Gasteiger partial charge < -0.3 is 5.32 Å². The average molecular weight is 278 g/mol. The Balaban J connectivity index is 1.62. The standard InChI is InChI=1S/C16H26N2O2/c19-14-10-16(7-3-1-4-8-16)11-15(20)18(14)12-13-6-2-5-9-17-13/h13,17H,1-12H2. The highest BCUT2D eigenvalue weighted by Gasteiger charge is 2.44. The Morgan fingerprint density at radius 1 is 1.00 bits per heavy atom. The Morgan fingerprint density at radius 3 is 2.30 bits per heavy atom. The number of piperidine rings is 2. The normalized spacial score (nSPS) is 30.8. The summed E-state index contributed by atoms with van der Waals surface area (Å²) in [5.41, 5.74) is 0.0168. The highest BCUT2D eigenvalue weighted by Crippen LogP contribution is 2.45. The molecule has 1 N–H and O–H groups in total. The minimum Gasteiger partial charge on any atom is -0.312 e. The second kappa shape index (κ2) is 5.84. The van der Waals surface area contributed by atoms with Crippen LogP contribution in [0.15, 0.2) is 0 Å². The maximum Gasteiger partial charge on any atom is 0.229 e. The maximum absolute atomic E-state index is 12.4. The molecular weight excluding hydrogens is 252 g/mol. The van der Waals surface area contributed by atoms with E-state index in [0.29, 0.717) is 25.4 Å². The highest BCUT2D eigenvalue weighted by atomic mass is 16.2. The Morgan fingerprint density at radius 2 is 1.70 bits per heavy atom. The Labute approximate surface area is 121 Å². The fraction of sp³-hybridized carbons (Fsp3) is 0.875. The molecule has 112 valence electrons. The monoisotopic (exact) mass is 278 g/mol. The molecule has 2 heterocycles. The molecule has 3 aliphatic rings. The summed E-state index contributed by atoms with van der Waals surface area (Å²) in [6.07, 6.45) is 10.5. The molecule has 0 aromatic rings. The second-order valence-corrected chi connectivity index (χ2v) is 6.96. The molecule has 1 atom stereocenters. The van der Waals surface area contributed by atoms with E-state index in [1.165, 1.54) is 32.1 Å². The van der Waals surface area contributed by atoms with E-state index in [4.69, 9.17) is 0 Å². The van der Waals surface area contributed by atoms with Crippen LogP contribution >= 0.6 is 0 Å². The molecule has 1 aliphatic carbocycles. The van der Waals surface area contributed by atoms with Gasteiger partial charge in [0.2, 0.25) is 11.8 Å². The lowest BCUT2D eigenvalue weighted by molar-refractivity contribution is -0.155. The number of nitrogens with one attached hydrogen (secondary N) is 1. The number of imide groups is 1. The van der Waals surface area contributed by atoms with E-state index < -0.39 is 0 Å². The lowest BCUT2D eigenvalue weighted by Crippen LogP contribution is -2.53. The summed E-state index contributed by atoms with van der Waals surface area (Å²) in [6, 6.07) is 0.317. The van der Waals surface area contributed by atoms with Crippen molar-refractivity contribution in [1.82, 2.24) is 10.2 Å². The van der Waals surface area contributed by atoms with Gasteiger partial charge in [-0.2, -0.15) is 0 Å². The molecule has 0 aromatic carbocycles. The minimum absolute atomic E-state index is 0.0168. The Bertz CT molecular complexity index is 362. The minimum atomic E-state index is 0.0168. The van der Waals surface area contributed by atoms with E-state index in [-0.39, 0.29) is 17.2 Å². The molecule has 1 unspecified atom stereocenters. The summed E-state index contributed by atoms with van der Waals surface area (Å²) < 4.78 is 0. The number of hydrogen-bond acceptors (Lipinski definition) is 3. The predicted molar refractivity (Wildman–Crippen MR) is 77.1 cm³/mol. The number of rotatable bonds is 2. The summed E-state index contributed by atoms with van der Waals surface area (Å²) in [7, 11) is 0. The lowest BCUT2D eigenvalue weighted by Gasteiger charge is -2.43. The number of likely N-dealkylation sites (tertiary alicyclic amines) is 1. The van der Waals surface area contributed by atoms with Crippen molar-refractivity contribution in [2.75, 3.05) is 13.1 Å². The SMILES string of the molecule is O=C1CC2(CCCCC2)CC(=O)N1CC1CCCCN1. The number of nitrogens with zero attached hydrogens (tertiary/aromatic N) is 1. The fourth-order valence-electron chi connectivity index (χ4n) is 4.19. The van der Waals surface area contributed by atoms with Gasteiger partial charge in [0.15, 0.2) is 0 Å². The fourth-order valence-corrected chi connectivity index (χ4v) is 4.19. The van der Waals surface area contributed by atoms with Gasteiger partial charge in [-0.1, -0.05) is 25.7 Å². The molecule has 1 saturated carbocycles. The lowest BCUT2D eigenvalue weighted by atomic mass is 9.67. The van der Waals surface area contributed by atoms with Crippen LogP contribution in [-0.4, -0.2) is 35.8 Å². The molecule has 0 aromatic heterocycles.